The average Bonchev–Trinajstić information content (AvgIpc) is 2.91. The maximum absolute atomic E-state index is 13.0. The van der Waals surface area contributed by atoms with Gasteiger partial charge in [-0.2, -0.15) is 0 Å². The lowest BCUT2D eigenvalue weighted by molar-refractivity contribution is 0.0992. The summed E-state index contributed by atoms with van der Waals surface area (Å²) in [5.74, 6) is 0.410. The fourth-order valence-corrected chi connectivity index (χ4v) is 3.49. The molecule has 0 spiro atoms. The third-order valence-corrected chi connectivity index (χ3v) is 4.87. The van der Waals surface area contributed by atoms with Gasteiger partial charge in [-0.3, -0.25) is 9.69 Å². The zero-order valence-electron chi connectivity index (χ0n) is 13.9. The highest BCUT2D eigenvalue weighted by molar-refractivity contribution is 6.33. The van der Waals surface area contributed by atoms with Crippen molar-refractivity contribution in [1.29, 1.82) is 0 Å². The van der Waals surface area contributed by atoms with Crippen molar-refractivity contribution in [2.24, 2.45) is 0 Å². The number of anilines is 2. The summed E-state index contributed by atoms with van der Waals surface area (Å²) in [7, 11) is 0. The molecule has 6 heteroatoms. The highest BCUT2D eigenvalue weighted by atomic mass is 35.5. The molecule has 1 atom stereocenters. The van der Waals surface area contributed by atoms with Crippen molar-refractivity contribution >= 4 is 40.6 Å². The van der Waals surface area contributed by atoms with Gasteiger partial charge >= 0.3 is 0 Å². The maximum atomic E-state index is 13.0. The molecule has 1 aliphatic rings. The molecule has 4 rings (SSSR count). The first kappa shape index (κ1) is 16.9. The number of carbonyl (C=O) groups is 1. The number of nitrogens with zero attached hydrogens (tertiary/aromatic N) is 2. The van der Waals surface area contributed by atoms with Gasteiger partial charge in [-0.05, 0) is 42.8 Å². The van der Waals surface area contributed by atoms with Gasteiger partial charge in [-0.25, -0.2) is 4.98 Å². The number of rotatable bonds is 3. The number of nitrogens with one attached hydrogen (secondary N) is 1. The molecule has 1 N–H and O–H groups in total. The molecule has 2 aromatic carbocycles. The van der Waals surface area contributed by atoms with Gasteiger partial charge in [-0.1, -0.05) is 47.5 Å². The summed E-state index contributed by atoms with van der Waals surface area (Å²) < 4.78 is 0. The summed E-state index contributed by atoms with van der Waals surface area (Å²) >= 11 is 12.3. The fourth-order valence-electron chi connectivity index (χ4n) is 3.09. The zero-order chi connectivity index (χ0) is 18.3. The lowest BCUT2D eigenvalue weighted by Crippen LogP contribution is -2.33. The molecule has 0 saturated heterocycles. The first-order chi connectivity index (χ1) is 12.5. The Morgan fingerprint density at radius 1 is 1.08 bits per heavy atom. The molecule has 0 radical (unpaired) electrons. The van der Waals surface area contributed by atoms with Crippen LogP contribution < -0.4 is 10.2 Å². The van der Waals surface area contributed by atoms with Crippen molar-refractivity contribution in [1.82, 2.24) is 4.98 Å². The van der Waals surface area contributed by atoms with Crippen LogP contribution in [-0.4, -0.2) is 10.9 Å². The highest BCUT2D eigenvalue weighted by Crippen LogP contribution is 2.38. The van der Waals surface area contributed by atoms with E-state index in [9.17, 15) is 4.79 Å². The lowest BCUT2D eigenvalue weighted by Gasteiger charge is -2.26. The molecule has 0 aliphatic carbocycles. The van der Waals surface area contributed by atoms with Gasteiger partial charge in [0.2, 0.25) is 0 Å². The topological polar surface area (TPSA) is 45.2 Å². The van der Waals surface area contributed by atoms with E-state index in [1.807, 2.05) is 49.4 Å². The van der Waals surface area contributed by atoms with Gasteiger partial charge < -0.3 is 5.32 Å². The van der Waals surface area contributed by atoms with Crippen molar-refractivity contribution in [2.45, 2.75) is 13.1 Å². The largest absolute Gasteiger partial charge is 0.360 e. The fraction of sp³-hybridized carbons (Fsp3) is 0.100. The molecule has 2 heterocycles. The molecule has 0 saturated carbocycles. The third kappa shape index (κ3) is 2.91. The lowest BCUT2D eigenvalue weighted by atomic mass is 10.1. The van der Waals surface area contributed by atoms with Crippen LogP contribution in [0.25, 0.3) is 0 Å². The Morgan fingerprint density at radius 3 is 2.62 bits per heavy atom. The normalized spacial score (nSPS) is 15.9. The summed E-state index contributed by atoms with van der Waals surface area (Å²) in [5.41, 5.74) is 3.35. The van der Waals surface area contributed by atoms with Gasteiger partial charge in [0.1, 0.15) is 12.0 Å². The van der Waals surface area contributed by atoms with Crippen molar-refractivity contribution in [2.75, 3.05) is 10.2 Å². The minimum Gasteiger partial charge on any atom is -0.360 e. The minimum absolute atomic E-state index is 0.115. The molecule has 1 amide bonds. The van der Waals surface area contributed by atoms with Gasteiger partial charge in [0.15, 0.2) is 0 Å². The van der Waals surface area contributed by atoms with Crippen LogP contribution in [0.5, 0.6) is 0 Å². The molecular formula is C20H15Cl2N3O. The van der Waals surface area contributed by atoms with E-state index in [4.69, 9.17) is 23.2 Å². The number of halogens is 2. The van der Waals surface area contributed by atoms with Crippen molar-refractivity contribution < 1.29 is 4.79 Å². The number of pyridine rings is 1. The molecule has 0 bridgehead atoms. The predicted molar refractivity (Wildman–Crippen MR) is 105 cm³/mol. The average molecular weight is 384 g/mol. The van der Waals surface area contributed by atoms with E-state index in [1.54, 1.807) is 17.0 Å². The number of carbonyl (C=O) groups excluding carboxylic acids is 1. The Morgan fingerprint density at radius 2 is 1.88 bits per heavy atom. The van der Waals surface area contributed by atoms with E-state index in [0.717, 1.165) is 16.8 Å². The Kier molecular flexibility index (Phi) is 4.31. The number of amides is 1. The zero-order valence-corrected chi connectivity index (χ0v) is 15.4. The summed E-state index contributed by atoms with van der Waals surface area (Å²) in [6.07, 6.45) is 1.12. The predicted octanol–water partition coefficient (Wildman–Crippen LogP) is 5.47. The molecule has 4 nitrogen and oxygen atoms in total. The van der Waals surface area contributed by atoms with E-state index in [-0.39, 0.29) is 5.91 Å². The van der Waals surface area contributed by atoms with Gasteiger partial charge in [-0.15, -0.1) is 0 Å². The summed E-state index contributed by atoms with van der Waals surface area (Å²) in [5, 5.41) is 4.51. The monoisotopic (exact) mass is 383 g/mol. The summed E-state index contributed by atoms with van der Waals surface area (Å²) in [6, 6.07) is 16.7. The standard InChI is InChI=1S/C20H15Cl2N3O/c1-12-6-8-17(16(22)10-12)24-19-14-4-2-3-5-15(14)20(26)25(19)18-9-7-13(21)11-23-18/h2-11,19,24H,1H3/t19-/m1/s1. The quantitative estimate of drug-likeness (QED) is 0.652. The molecular weight excluding hydrogens is 369 g/mol. The second-order valence-corrected chi connectivity index (χ2v) is 6.97. The molecule has 0 fully saturated rings. The van der Waals surface area contributed by atoms with Crippen LogP contribution in [0.3, 0.4) is 0 Å². The molecule has 130 valence electrons. The van der Waals surface area contributed by atoms with E-state index in [2.05, 4.69) is 10.3 Å². The molecule has 0 unspecified atom stereocenters. The number of hydrogen-bond donors (Lipinski definition) is 1. The SMILES string of the molecule is Cc1ccc(N[C@H]2c3ccccc3C(=O)N2c2ccc(Cl)cn2)c(Cl)c1. The molecule has 1 aromatic heterocycles. The van der Waals surface area contributed by atoms with Crippen molar-refractivity contribution in [3.8, 4) is 0 Å². The Hall–Kier alpha value is -2.56. The van der Waals surface area contributed by atoms with Gasteiger partial charge in [0, 0.05) is 17.3 Å². The van der Waals surface area contributed by atoms with Crippen LogP contribution in [-0.2, 0) is 0 Å². The number of benzene rings is 2. The van der Waals surface area contributed by atoms with Gasteiger partial charge in [0.05, 0.1) is 15.7 Å². The molecule has 1 aliphatic heterocycles. The van der Waals surface area contributed by atoms with E-state index < -0.39 is 6.17 Å². The van der Waals surface area contributed by atoms with Crippen molar-refractivity contribution in [3.05, 3.63) is 87.5 Å². The smallest absolute Gasteiger partial charge is 0.261 e. The first-order valence-corrected chi connectivity index (χ1v) is 8.87. The van der Waals surface area contributed by atoms with E-state index in [0.29, 0.717) is 21.4 Å². The highest BCUT2D eigenvalue weighted by Gasteiger charge is 2.38. The molecule has 3 aromatic rings. The first-order valence-electron chi connectivity index (χ1n) is 8.11. The van der Waals surface area contributed by atoms with Crippen LogP contribution in [0.2, 0.25) is 10.0 Å². The third-order valence-electron chi connectivity index (χ3n) is 4.34. The Balaban J connectivity index is 1.79. The number of fused-ring (bicyclic) bond motifs is 1. The minimum atomic E-state index is -0.410. The van der Waals surface area contributed by atoms with Crippen LogP contribution in [0.1, 0.15) is 27.7 Å². The van der Waals surface area contributed by atoms with Crippen LogP contribution in [0.15, 0.2) is 60.8 Å². The van der Waals surface area contributed by atoms with Crippen molar-refractivity contribution in [3.63, 3.8) is 0 Å². The Labute approximate surface area is 161 Å². The number of aromatic nitrogens is 1. The summed E-state index contributed by atoms with van der Waals surface area (Å²) in [4.78, 5) is 18.9. The summed E-state index contributed by atoms with van der Waals surface area (Å²) in [6.45, 7) is 1.98. The maximum Gasteiger partial charge on any atom is 0.261 e. The van der Waals surface area contributed by atoms with Crippen LogP contribution in [0, 0.1) is 6.92 Å². The second-order valence-electron chi connectivity index (χ2n) is 6.13. The Bertz CT molecular complexity index is 989. The number of aryl methyl sites for hydroxylation is 1. The van der Waals surface area contributed by atoms with E-state index in [1.165, 1.54) is 6.20 Å². The van der Waals surface area contributed by atoms with Gasteiger partial charge in [0.25, 0.3) is 5.91 Å². The van der Waals surface area contributed by atoms with Crippen LogP contribution >= 0.6 is 23.2 Å². The molecule has 26 heavy (non-hydrogen) atoms. The second kappa shape index (κ2) is 6.63. The number of hydrogen-bond acceptors (Lipinski definition) is 3. The van der Waals surface area contributed by atoms with Crippen LogP contribution in [0.4, 0.5) is 11.5 Å². The van der Waals surface area contributed by atoms with E-state index >= 15 is 0 Å².